The van der Waals surface area contributed by atoms with Crippen molar-refractivity contribution in [2.24, 2.45) is 11.8 Å². The topological polar surface area (TPSA) is 79.0 Å². The van der Waals surface area contributed by atoms with Crippen molar-refractivity contribution in [2.45, 2.75) is 37.5 Å². The molecular weight excluding hydrogens is 276 g/mol. The fraction of sp³-hybridized carbons (Fsp3) is 0.846. The highest BCUT2D eigenvalue weighted by Crippen LogP contribution is 2.48. The van der Waals surface area contributed by atoms with Crippen molar-refractivity contribution < 1.29 is 8.42 Å². The Morgan fingerprint density at radius 2 is 1.95 bits per heavy atom. The lowest BCUT2D eigenvalue weighted by molar-refractivity contribution is 0.425. The molecule has 0 unspecified atom stereocenters. The van der Waals surface area contributed by atoms with Gasteiger partial charge < -0.3 is 0 Å². The van der Waals surface area contributed by atoms with Crippen molar-refractivity contribution in [1.82, 2.24) is 19.5 Å². The van der Waals surface area contributed by atoms with Crippen LogP contribution in [0, 0.1) is 11.8 Å². The van der Waals surface area contributed by atoms with Crippen LogP contribution in [0.4, 0.5) is 0 Å². The molecule has 0 spiro atoms. The summed E-state index contributed by atoms with van der Waals surface area (Å²) in [7, 11) is -3.11. The molecule has 2 saturated carbocycles. The Hall–Kier alpha value is -0.950. The zero-order chi connectivity index (χ0) is 13.9. The van der Waals surface area contributed by atoms with Crippen LogP contribution in [0.25, 0.3) is 0 Å². The molecule has 0 bridgehead atoms. The SMILES string of the molecule is CS(=O)(=O)N1C[C@H](c2nc(C3CC3)n[nH]2)[C@@H](C2CC2)C1. The van der Waals surface area contributed by atoms with E-state index in [0.717, 1.165) is 11.6 Å². The monoisotopic (exact) mass is 296 g/mol. The van der Waals surface area contributed by atoms with Gasteiger partial charge in [0, 0.05) is 24.9 Å². The van der Waals surface area contributed by atoms with Gasteiger partial charge in [0.1, 0.15) is 5.82 Å². The van der Waals surface area contributed by atoms with Crippen molar-refractivity contribution in [2.75, 3.05) is 19.3 Å². The molecule has 0 amide bonds. The zero-order valence-corrected chi connectivity index (χ0v) is 12.4. The van der Waals surface area contributed by atoms with E-state index in [1.54, 1.807) is 4.31 Å². The Morgan fingerprint density at radius 1 is 1.20 bits per heavy atom. The molecule has 4 rings (SSSR count). The van der Waals surface area contributed by atoms with Gasteiger partial charge in [-0.15, -0.1) is 0 Å². The van der Waals surface area contributed by atoms with E-state index in [-0.39, 0.29) is 5.92 Å². The van der Waals surface area contributed by atoms with E-state index in [9.17, 15) is 8.42 Å². The van der Waals surface area contributed by atoms with Crippen LogP contribution in [0.5, 0.6) is 0 Å². The fourth-order valence-electron chi connectivity index (χ4n) is 3.33. The summed E-state index contributed by atoms with van der Waals surface area (Å²) in [5.74, 6) is 3.62. The number of sulfonamides is 1. The summed E-state index contributed by atoms with van der Waals surface area (Å²) in [5.41, 5.74) is 0. The lowest BCUT2D eigenvalue weighted by Gasteiger charge is -2.14. The van der Waals surface area contributed by atoms with E-state index < -0.39 is 10.0 Å². The second-order valence-corrected chi connectivity index (χ2v) is 8.52. The van der Waals surface area contributed by atoms with Gasteiger partial charge in [0.2, 0.25) is 10.0 Å². The molecule has 1 aromatic rings. The Labute approximate surface area is 119 Å². The number of nitrogens with zero attached hydrogens (tertiary/aromatic N) is 3. The third kappa shape index (κ3) is 2.26. The lowest BCUT2D eigenvalue weighted by atomic mass is 9.91. The number of aromatic nitrogens is 3. The molecule has 1 N–H and O–H groups in total. The summed E-state index contributed by atoms with van der Waals surface area (Å²) >= 11 is 0. The van der Waals surface area contributed by atoms with Gasteiger partial charge in [-0.05, 0) is 37.5 Å². The van der Waals surface area contributed by atoms with Gasteiger partial charge in [-0.3, -0.25) is 5.10 Å². The zero-order valence-electron chi connectivity index (χ0n) is 11.6. The van der Waals surface area contributed by atoms with Crippen molar-refractivity contribution in [3.63, 3.8) is 0 Å². The maximum Gasteiger partial charge on any atom is 0.211 e. The van der Waals surface area contributed by atoms with Crippen LogP contribution in [0.2, 0.25) is 0 Å². The van der Waals surface area contributed by atoms with Crippen molar-refractivity contribution in [3.05, 3.63) is 11.6 Å². The van der Waals surface area contributed by atoms with E-state index in [1.165, 1.54) is 31.9 Å². The average Bonchev–Trinajstić information content (AvgIpc) is 3.31. The maximum absolute atomic E-state index is 11.8. The number of aromatic amines is 1. The number of H-pyrrole nitrogens is 1. The lowest BCUT2D eigenvalue weighted by Crippen LogP contribution is -2.27. The van der Waals surface area contributed by atoms with Crippen molar-refractivity contribution in [1.29, 1.82) is 0 Å². The molecule has 1 saturated heterocycles. The van der Waals surface area contributed by atoms with E-state index in [4.69, 9.17) is 0 Å². The summed E-state index contributed by atoms with van der Waals surface area (Å²) in [4.78, 5) is 4.64. The summed E-state index contributed by atoms with van der Waals surface area (Å²) < 4.78 is 25.2. The maximum atomic E-state index is 11.8. The van der Waals surface area contributed by atoms with Crippen LogP contribution in [0.3, 0.4) is 0 Å². The minimum atomic E-state index is -3.11. The van der Waals surface area contributed by atoms with E-state index in [1.807, 2.05) is 0 Å². The molecule has 0 radical (unpaired) electrons. The predicted octanol–water partition coefficient (Wildman–Crippen LogP) is 1.07. The molecule has 3 aliphatic rings. The second kappa shape index (κ2) is 4.27. The molecule has 7 heteroatoms. The molecule has 1 aromatic heterocycles. The first kappa shape index (κ1) is 12.8. The molecule has 2 aliphatic carbocycles. The third-order valence-corrected chi connectivity index (χ3v) is 6.08. The summed E-state index contributed by atoms with van der Waals surface area (Å²) in [5, 5.41) is 7.39. The highest BCUT2D eigenvalue weighted by molar-refractivity contribution is 7.88. The first-order chi connectivity index (χ1) is 9.52. The Balaban J connectivity index is 1.60. The molecule has 3 fully saturated rings. The van der Waals surface area contributed by atoms with Gasteiger partial charge >= 0.3 is 0 Å². The van der Waals surface area contributed by atoms with E-state index >= 15 is 0 Å². The fourth-order valence-corrected chi connectivity index (χ4v) is 4.21. The average molecular weight is 296 g/mol. The molecule has 110 valence electrons. The van der Waals surface area contributed by atoms with Crippen LogP contribution in [0.15, 0.2) is 0 Å². The first-order valence-electron chi connectivity index (χ1n) is 7.39. The van der Waals surface area contributed by atoms with Gasteiger partial charge in [0.15, 0.2) is 5.82 Å². The molecule has 2 heterocycles. The summed E-state index contributed by atoms with van der Waals surface area (Å²) in [6.45, 7) is 1.20. The van der Waals surface area contributed by atoms with Crippen LogP contribution < -0.4 is 0 Å². The quantitative estimate of drug-likeness (QED) is 0.901. The Morgan fingerprint density at radius 3 is 2.55 bits per heavy atom. The van der Waals surface area contributed by atoms with Gasteiger partial charge in [0.05, 0.1) is 6.26 Å². The number of nitrogens with one attached hydrogen (secondary N) is 1. The highest BCUT2D eigenvalue weighted by Gasteiger charge is 2.46. The molecule has 0 aromatic carbocycles. The van der Waals surface area contributed by atoms with E-state index in [2.05, 4.69) is 15.2 Å². The van der Waals surface area contributed by atoms with Crippen LogP contribution in [0.1, 0.15) is 49.2 Å². The largest absolute Gasteiger partial charge is 0.263 e. The number of hydrogen-bond donors (Lipinski definition) is 1. The molecule has 2 atom stereocenters. The van der Waals surface area contributed by atoms with Crippen molar-refractivity contribution in [3.8, 4) is 0 Å². The normalized spacial score (nSPS) is 31.9. The first-order valence-corrected chi connectivity index (χ1v) is 9.24. The summed E-state index contributed by atoms with van der Waals surface area (Å²) in [6.07, 6.45) is 6.12. The highest BCUT2D eigenvalue weighted by atomic mass is 32.2. The van der Waals surface area contributed by atoms with Crippen molar-refractivity contribution >= 4 is 10.0 Å². The van der Waals surface area contributed by atoms with E-state index in [0.29, 0.717) is 30.8 Å². The van der Waals surface area contributed by atoms with Crippen LogP contribution in [-0.4, -0.2) is 47.2 Å². The van der Waals surface area contributed by atoms with Crippen LogP contribution >= 0.6 is 0 Å². The van der Waals surface area contributed by atoms with Gasteiger partial charge in [0.25, 0.3) is 0 Å². The van der Waals surface area contributed by atoms with Gasteiger partial charge in [-0.1, -0.05) is 0 Å². The minimum absolute atomic E-state index is 0.192. The summed E-state index contributed by atoms with van der Waals surface area (Å²) in [6, 6.07) is 0. The Bertz CT molecular complexity index is 618. The van der Waals surface area contributed by atoms with Crippen LogP contribution in [-0.2, 0) is 10.0 Å². The molecule has 1 aliphatic heterocycles. The molecule has 20 heavy (non-hydrogen) atoms. The molecule has 6 nitrogen and oxygen atoms in total. The number of hydrogen-bond acceptors (Lipinski definition) is 4. The predicted molar refractivity (Wildman–Crippen MR) is 73.7 cm³/mol. The second-order valence-electron chi connectivity index (χ2n) is 6.54. The van der Waals surface area contributed by atoms with Gasteiger partial charge in [-0.25, -0.2) is 17.7 Å². The number of rotatable bonds is 4. The minimum Gasteiger partial charge on any atom is -0.263 e. The Kier molecular flexibility index (Phi) is 2.73. The molecular formula is C13H20N4O2S. The van der Waals surface area contributed by atoms with Gasteiger partial charge in [-0.2, -0.15) is 5.10 Å². The smallest absolute Gasteiger partial charge is 0.211 e. The third-order valence-electron chi connectivity index (χ3n) is 4.84. The standard InChI is InChI=1S/C13H20N4O2S/c1-20(18,19)17-6-10(8-2-3-8)11(7-17)13-14-12(15-16-13)9-4-5-9/h8-11H,2-7H2,1H3,(H,14,15,16)/t10-,11+/m1/s1.